The fraction of sp³-hybridized carbons (Fsp3) is 1.00. The quantitative estimate of drug-likeness (QED) is 0.240. The second-order valence-corrected chi connectivity index (χ2v) is 1.58. The van der Waals surface area contributed by atoms with Gasteiger partial charge in [0.25, 0.3) is 0 Å². The van der Waals surface area contributed by atoms with E-state index in [2.05, 4.69) is 4.18 Å². The summed E-state index contributed by atoms with van der Waals surface area (Å²) in [6, 6.07) is 0. The molecule has 0 aromatic heterocycles. The van der Waals surface area contributed by atoms with Crippen molar-refractivity contribution < 1.29 is 47.7 Å². The van der Waals surface area contributed by atoms with Gasteiger partial charge in [-0.2, -0.15) is 0 Å². The molecule has 2 N–H and O–H groups in total. The number of hydrogen-bond acceptors (Lipinski definition) is 4. The Kier molecular flexibility index (Phi) is 5.22. The molecule has 0 aromatic rings. The van der Waals surface area contributed by atoms with Gasteiger partial charge in [0, 0.05) is 33.3 Å². The van der Waals surface area contributed by atoms with Crippen LogP contribution in [0, 0.1) is 0 Å². The van der Waals surface area contributed by atoms with E-state index in [1.165, 1.54) is 0 Å². The van der Waals surface area contributed by atoms with Crippen LogP contribution in [0.2, 0.25) is 0 Å². The molecule has 0 bridgehead atoms. The molecule has 1 heterocycles. The Balaban J connectivity index is 0. The van der Waals surface area contributed by atoms with Gasteiger partial charge in [0.1, 0.15) is 0 Å². The van der Waals surface area contributed by atoms with E-state index in [-0.39, 0.29) is 33.3 Å². The van der Waals surface area contributed by atoms with Gasteiger partial charge >= 0.3 is 5.31 Å². The number of hydrogen-bond donors (Lipinski definition) is 2. The van der Waals surface area contributed by atoms with Crippen LogP contribution in [0.25, 0.3) is 0 Å². The predicted molar refractivity (Wildman–Crippen MR) is 15.8 cm³/mol. The molecule has 0 aliphatic carbocycles. The molecule has 1 radical (unpaired) electrons. The van der Waals surface area contributed by atoms with Crippen LogP contribution in [0.15, 0.2) is 0 Å². The monoisotopic (exact) mass is 211 g/mol. The Morgan fingerprint density at radius 3 is 1.57 bits per heavy atom. The summed E-state index contributed by atoms with van der Waals surface area (Å²) in [6.07, 6.45) is 0. The Labute approximate surface area is 65.1 Å². The molecule has 3 nitrogen and oxygen atoms in total. The maximum Gasteiger partial charge on any atom is 0.369 e. The molecule has 1 saturated heterocycles. The summed E-state index contributed by atoms with van der Waals surface area (Å²) in [5, 5.41) is 14.0. The fourth-order valence-corrected chi connectivity index (χ4v) is 0.112. The van der Waals surface area contributed by atoms with Gasteiger partial charge in [-0.1, -0.05) is 0 Å². The third-order valence-electron chi connectivity index (χ3n) is 0.232. The third-order valence-corrected chi connectivity index (χ3v) is 0.697. The summed E-state index contributed by atoms with van der Waals surface area (Å²) in [6.45, 7) is 0. The normalized spacial score (nSPS) is 21.4. The van der Waals surface area contributed by atoms with E-state index in [0.717, 1.165) is 0 Å². The zero-order valence-corrected chi connectivity index (χ0v) is 5.71. The minimum absolute atomic E-state index is 0. The minimum atomic E-state index is -1.83. The number of aliphatic hydroxyl groups is 2. The standard InChI is InChI=1S/CH2O3S.Co.Ni/c2-1(3)4-5-1;;/h2-3H;;. The molecule has 7 heavy (non-hydrogen) atoms. The van der Waals surface area contributed by atoms with Crippen LogP contribution < -0.4 is 0 Å². The van der Waals surface area contributed by atoms with Crippen LogP contribution in [0.4, 0.5) is 0 Å². The molecule has 6 heteroatoms. The molecule has 0 spiro atoms. The second kappa shape index (κ2) is 3.29. The van der Waals surface area contributed by atoms with Gasteiger partial charge in [-0.3, -0.25) is 0 Å². The van der Waals surface area contributed by atoms with Gasteiger partial charge < -0.3 is 10.2 Å². The Morgan fingerprint density at radius 1 is 1.43 bits per heavy atom. The molecule has 1 aliphatic heterocycles. The molecule has 49 valence electrons. The Bertz CT molecular complexity index is 52.9. The predicted octanol–water partition coefficient (Wildman–Crippen LogP) is -0.744. The molecule has 0 unspecified atom stereocenters. The Hall–Kier alpha value is 1.23. The van der Waals surface area contributed by atoms with E-state index in [9.17, 15) is 0 Å². The molecule has 0 aromatic carbocycles. The van der Waals surface area contributed by atoms with E-state index in [4.69, 9.17) is 10.2 Å². The van der Waals surface area contributed by atoms with Gasteiger partial charge in [0.05, 0.1) is 12.0 Å². The van der Waals surface area contributed by atoms with Crippen LogP contribution in [0.3, 0.4) is 0 Å². The van der Waals surface area contributed by atoms with Crippen molar-refractivity contribution in [3.8, 4) is 0 Å². The van der Waals surface area contributed by atoms with Gasteiger partial charge in [-0.05, 0) is 0 Å². The van der Waals surface area contributed by atoms with Gasteiger partial charge in [-0.15, -0.1) is 0 Å². The van der Waals surface area contributed by atoms with Crippen molar-refractivity contribution in [3.63, 3.8) is 0 Å². The molecule has 0 amide bonds. The van der Waals surface area contributed by atoms with Crippen LogP contribution in [-0.2, 0) is 37.5 Å². The van der Waals surface area contributed by atoms with Crippen LogP contribution in [0.5, 0.6) is 0 Å². The third kappa shape index (κ3) is 5.10. The summed E-state index contributed by atoms with van der Waals surface area (Å²) in [7, 11) is 0. The first-order chi connectivity index (χ1) is 2.21. The molecule has 0 saturated carbocycles. The summed E-state index contributed by atoms with van der Waals surface area (Å²) < 4.78 is 3.92. The van der Waals surface area contributed by atoms with E-state index in [1.807, 2.05) is 0 Å². The maximum absolute atomic E-state index is 7.93. The van der Waals surface area contributed by atoms with E-state index in [0.29, 0.717) is 12.0 Å². The zero-order chi connectivity index (χ0) is 3.91. The average molecular weight is 212 g/mol. The zero-order valence-electron chi connectivity index (χ0n) is 2.86. The topological polar surface area (TPSA) is 53.0 Å². The van der Waals surface area contributed by atoms with Gasteiger partial charge in [-0.25, -0.2) is 4.18 Å². The molecule has 0 atom stereocenters. The summed E-state index contributed by atoms with van der Waals surface area (Å²) in [4.78, 5) is 0. The van der Waals surface area contributed by atoms with E-state index in [1.54, 1.807) is 0 Å². The number of rotatable bonds is 0. The first-order valence-corrected chi connectivity index (χ1v) is 1.76. The summed E-state index contributed by atoms with van der Waals surface area (Å²) >= 11 is 0.637. The van der Waals surface area contributed by atoms with Crippen molar-refractivity contribution >= 4 is 12.0 Å². The summed E-state index contributed by atoms with van der Waals surface area (Å²) in [5.41, 5.74) is 0. The smallest absolute Gasteiger partial charge is 0.332 e. The SMILES string of the molecule is OC1(O)OS1.[Co].[Ni]. The van der Waals surface area contributed by atoms with E-state index < -0.39 is 5.31 Å². The minimum Gasteiger partial charge on any atom is -0.332 e. The van der Waals surface area contributed by atoms with Crippen LogP contribution in [-0.4, -0.2) is 15.5 Å². The van der Waals surface area contributed by atoms with Gasteiger partial charge in [0.2, 0.25) is 0 Å². The summed E-state index contributed by atoms with van der Waals surface area (Å²) in [5.74, 6) is 0. The first-order valence-electron chi connectivity index (χ1n) is 1.02. The van der Waals surface area contributed by atoms with Crippen molar-refractivity contribution in [3.05, 3.63) is 0 Å². The van der Waals surface area contributed by atoms with Crippen molar-refractivity contribution in [2.75, 3.05) is 0 Å². The van der Waals surface area contributed by atoms with Crippen molar-refractivity contribution in [1.29, 1.82) is 0 Å². The molecular weight excluding hydrogens is 210 g/mol. The molecule has 1 fully saturated rings. The average Bonchev–Trinajstić information content (AvgIpc) is 1.76. The van der Waals surface area contributed by atoms with E-state index >= 15 is 0 Å². The Morgan fingerprint density at radius 2 is 1.57 bits per heavy atom. The fourth-order valence-electron chi connectivity index (χ4n) is 0.0373. The molecule has 1 rings (SSSR count). The van der Waals surface area contributed by atoms with Crippen LogP contribution >= 0.6 is 12.0 Å². The first kappa shape index (κ1) is 11.1. The van der Waals surface area contributed by atoms with Crippen molar-refractivity contribution in [2.24, 2.45) is 0 Å². The van der Waals surface area contributed by atoms with Gasteiger partial charge in [0.15, 0.2) is 0 Å². The van der Waals surface area contributed by atoms with Crippen LogP contribution in [0.1, 0.15) is 0 Å². The molecular formula is CH2CoNiO3S. The van der Waals surface area contributed by atoms with Crippen molar-refractivity contribution in [1.82, 2.24) is 0 Å². The molecule has 1 aliphatic rings. The van der Waals surface area contributed by atoms with Crippen molar-refractivity contribution in [2.45, 2.75) is 5.31 Å². The maximum atomic E-state index is 7.93. The second-order valence-electron chi connectivity index (χ2n) is 0.715. The largest absolute Gasteiger partial charge is 0.369 e.